The molecule has 0 fully saturated rings. The summed E-state index contributed by atoms with van der Waals surface area (Å²) in [6.07, 6.45) is 3.32. The van der Waals surface area contributed by atoms with E-state index < -0.39 is 0 Å². The summed E-state index contributed by atoms with van der Waals surface area (Å²) in [5.41, 5.74) is 2.15. The molecule has 2 heterocycles. The smallest absolute Gasteiger partial charge is 0.257 e. The van der Waals surface area contributed by atoms with Gasteiger partial charge in [0, 0.05) is 29.5 Å². The van der Waals surface area contributed by atoms with Crippen LogP contribution < -0.4 is 10.6 Å². The van der Waals surface area contributed by atoms with Gasteiger partial charge in [-0.25, -0.2) is 4.98 Å². The van der Waals surface area contributed by atoms with Crippen molar-refractivity contribution in [3.63, 3.8) is 0 Å². The second kappa shape index (κ2) is 6.44. The summed E-state index contributed by atoms with van der Waals surface area (Å²) in [5.74, 6) is 0.574. The highest BCUT2D eigenvalue weighted by Gasteiger charge is 2.08. The molecule has 0 spiro atoms. The molecule has 1 amide bonds. The normalized spacial score (nSPS) is 10.7. The Hall–Kier alpha value is -2.95. The maximum atomic E-state index is 12.3. The molecule has 3 aromatic rings. The minimum Gasteiger partial charge on any atom is -0.368 e. The molecule has 5 nitrogen and oxygen atoms in total. The van der Waals surface area contributed by atoms with E-state index in [4.69, 9.17) is 0 Å². The number of anilines is 2. The standard InChI is InChI=1S/C18H18N4O/c1-12(2)21-17-8-5-14(11-20-17)18(23)22-15-6-7-16-13(10-15)4-3-9-19-16/h3-12H,1-2H3,(H,20,21)(H,22,23). The first-order valence-electron chi connectivity index (χ1n) is 7.50. The van der Waals surface area contributed by atoms with E-state index in [2.05, 4.69) is 20.6 Å². The number of amides is 1. The quantitative estimate of drug-likeness (QED) is 0.771. The number of aromatic nitrogens is 2. The van der Waals surface area contributed by atoms with Crippen molar-refractivity contribution in [3.05, 3.63) is 60.4 Å². The van der Waals surface area contributed by atoms with Crippen molar-refractivity contribution in [2.24, 2.45) is 0 Å². The third-order valence-electron chi connectivity index (χ3n) is 3.32. The van der Waals surface area contributed by atoms with Gasteiger partial charge in [-0.1, -0.05) is 6.07 Å². The van der Waals surface area contributed by atoms with Crippen molar-refractivity contribution < 1.29 is 4.79 Å². The highest BCUT2D eigenvalue weighted by atomic mass is 16.1. The highest BCUT2D eigenvalue weighted by Crippen LogP contribution is 2.18. The Morgan fingerprint density at radius 1 is 1.09 bits per heavy atom. The minimum atomic E-state index is -0.183. The van der Waals surface area contributed by atoms with Gasteiger partial charge in [-0.05, 0) is 50.2 Å². The first-order valence-corrected chi connectivity index (χ1v) is 7.50. The molecule has 23 heavy (non-hydrogen) atoms. The largest absolute Gasteiger partial charge is 0.368 e. The Bertz CT molecular complexity index is 828. The molecule has 0 aliphatic heterocycles. The lowest BCUT2D eigenvalue weighted by atomic mass is 10.2. The lowest BCUT2D eigenvalue weighted by Crippen LogP contribution is -2.14. The van der Waals surface area contributed by atoms with E-state index in [0.717, 1.165) is 22.4 Å². The fourth-order valence-electron chi connectivity index (χ4n) is 2.27. The van der Waals surface area contributed by atoms with Gasteiger partial charge in [0.2, 0.25) is 0 Å². The number of carbonyl (C=O) groups excluding carboxylic acids is 1. The van der Waals surface area contributed by atoms with Crippen LogP contribution in [0.5, 0.6) is 0 Å². The van der Waals surface area contributed by atoms with Crippen molar-refractivity contribution in [1.29, 1.82) is 0 Å². The maximum Gasteiger partial charge on any atom is 0.257 e. The van der Waals surface area contributed by atoms with E-state index >= 15 is 0 Å². The van der Waals surface area contributed by atoms with Crippen molar-refractivity contribution in [2.75, 3.05) is 10.6 Å². The van der Waals surface area contributed by atoms with Crippen LogP contribution in [0.4, 0.5) is 11.5 Å². The lowest BCUT2D eigenvalue weighted by Gasteiger charge is -2.10. The Kier molecular flexibility index (Phi) is 4.19. The van der Waals surface area contributed by atoms with Crippen molar-refractivity contribution in [1.82, 2.24) is 9.97 Å². The molecule has 0 saturated carbocycles. The molecule has 0 radical (unpaired) electrons. The van der Waals surface area contributed by atoms with Gasteiger partial charge in [0.15, 0.2) is 0 Å². The van der Waals surface area contributed by atoms with E-state index in [-0.39, 0.29) is 5.91 Å². The third kappa shape index (κ3) is 3.63. The summed E-state index contributed by atoms with van der Waals surface area (Å²) in [5, 5.41) is 7.06. The second-order valence-corrected chi connectivity index (χ2v) is 5.60. The van der Waals surface area contributed by atoms with Crippen LogP contribution in [0.2, 0.25) is 0 Å². The van der Waals surface area contributed by atoms with Gasteiger partial charge in [-0.3, -0.25) is 9.78 Å². The number of fused-ring (bicyclic) bond motifs is 1. The number of nitrogens with one attached hydrogen (secondary N) is 2. The summed E-state index contributed by atoms with van der Waals surface area (Å²) >= 11 is 0. The molecule has 0 unspecified atom stereocenters. The third-order valence-corrected chi connectivity index (χ3v) is 3.32. The molecular formula is C18H18N4O. The van der Waals surface area contributed by atoms with Gasteiger partial charge in [-0.2, -0.15) is 0 Å². The van der Waals surface area contributed by atoms with Gasteiger partial charge < -0.3 is 10.6 Å². The van der Waals surface area contributed by atoms with E-state index in [1.807, 2.05) is 44.2 Å². The molecule has 116 valence electrons. The molecular weight excluding hydrogens is 288 g/mol. The molecule has 0 bridgehead atoms. The van der Waals surface area contributed by atoms with E-state index in [1.54, 1.807) is 24.5 Å². The number of hydrogen-bond donors (Lipinski definition) is 2. The number of pyridine rings is 2. The molecule has 0 saturated heterocycles. The molecule has 2 N–H and O–H groups in total. The SMILES string of the molecule is CC(C)Nc1ccc(C(=O)Nc2ccc3ncccc3c2)cn1. The fourth-order valence-corrected chi connectivity index (χ4v) is 2.27. The summed E-state index contributed by atoms with van der Waals surface area (Å²) in [6.45, 7) is 4.08. The predicted molar refractivity (Wildman–Crippen MR) is 92.7 cm³/mol. The van der Waals surface area contributed by atoms with Crippen LogP contribution in [0, 0.1) is 0 Å². The minimum absolute atomic E-state index is 0.183. The lowest BCUT2D eigenvalue weighted by molar-refractivity contribution is 0.102. The number of rotatable bonds is 4. The zero-order valence-electron chi connectivity index (χ0n) is 13.1. The summed E-state index contributed by atoms with van der Waals surface area (Å²) in [7, 11) is 0. The molecule has 2 aromatic heterocycles. The van der Waals surface area contributed by atoms with Crippen LogP contribution in [0.25, 0.3) is 10.9 Å². The monoisotopic (exact) mass is 306 g/mol. The zero-order valence-corrected chi connectivity index (χ0v) is 13.1. The number of nitrogens with zero attached hydrogens (tertiary/aromatic N) is 2. The Morgan fingerprint density at radius 2 is 1.96 bits per heavy atom. The fraction of sp³-hybridized carbons (Fsp3) is 0.167. The van der Waals surface area contributed by atoms with Crippen LogP contribution in [-0.2, 0) is 0 Å². The van der Waals surface area contributed by atoms with E-state index in [0.29, 0.717) is 11.6 Å². The van der Waals surface area contributed by atoms with E-state index in [9.17, 15) is 4.79 Å². The average molecular weight is 306 g/mol. The Labute approximate surface area is 134 Å². The van der Waals surface area contributed by atoms with Crippen LogP contribution >= 0.6 is 0 Å². The first-order chi connectivity index (χ1) is 11.1. The molecule has 0 aliphatic carbocycles. The van der Waals surface area contributed by atoms with Crippen molar-refractivity contribution in [3.8, 4) is 0 Å². The van der Waals surface area contributed by atoms with Crippen molar-refractivity contribution >= 4 is 28.3 Å². The van der Waals surface area contributed by atoms with Crippen LogP contribution in [0.3, 0.4) is 0 Å². The first kappa shape index (κ1) is 15.0. The van der Waals surface area contributed by atoms with Gasteiger partial charge in [0.1, 0.15) is 5.82 Å². The molecule has 1 aromatic carbocycles. The van der Waals surface area contributed by atoms with Gasteiger partial charge in [-0.15, -0.1) is 0 Å². The Balaban J connectivity index is 1.74. The zero-order chi connectivity index (χ0) is 16.2. The maximum absolute atomic E-state index is 12.3. The molecule has 0 aliphatic rings. The molecule has 0 atom stereocenters. The molecule has 5 heteroatoms. The number of benzene rings is 1. The van der Waals surface area contributed by atoms with Crippen LogP contribution in [0.1, 0.15) is 24.2 Å². The Morgan fingerprint density at radius 3 is 2.70 bits per heavy atom. The molecule has 3 rings (SSSR count). The van der Waals surface area contributed by atoms with Gasteiger partial charge in [0.25, 0.3) is 5.91 Å². The second-order valence-electron chi connectivity index (χ2n) is 5.60. The van der Waals surface area contributed by atoms with Crippen LogP contribution in [0.15, 0.2) is 54.9 Å². The summed E-state index contributed by atoms with van der Waals surface area (Å²) < 4.78 is 0. The summed E-state index contributed by atoms with van der Waals surface area (Å²) in [4.78, 5) is 20.8. The van der Waals surface area contributed by atoms with Crippen molar-refractivity contribution in [2.45, 2.75) is 19.9 Å². The predicted octanol–water partition coefficient (Wildman–Crippen LogP) is 3.70. The number of carbonyl (C=O) groups is 1. The summed E-state index contributed by atoms with van der Waals surface area (Å²) in [6, 6.07) is 13.3. The van der Waals surface area contributed by atoms with E-state index in [1.165, 1.54) is 0 Å². The topological polar surface area (TPSA) is 66.9 Å². The van der Waals surface area contributed by atoms with Crippen LogP contribution in [-0.4, -0.2) is 21.9 Å². The highest BCUT2D eigenvalue weighted by molar-refractivity contribution is 6.05. The van der Waals surface area contributed by atoms with Gasteiger partial charge >= 0.3 is 0 Å². The number of hydrogen-bond acceptors (Lipinski definition) is 4. The van der Waals surface area contributed by atoms with Gasteiger partial charge in [0.05, 0.1) is 11.1 Å². The average Bonchev–Trinajstić information content (AvgIpc) is 2.55.